The summed E-state index contributed by atoms with van der Waals surface area (Å²) in [6, 6.07) is 8.59. The Morgan fingerprint density at radius 3 is 2.49 bits per heavy atom. The topological polar surface area (TPSA) is 69.9 Å². The van der Waals surface area contributed by atoms with Crippen LogP contribution in [0.25, 0.3) is 17.1 Å². The van der Waals surface area contributed by atoms with Gasteiger partial charge in [-0.1, -0.05) is 13.8 Å². The lowest BCUT2D eigenvalue weighted by molar-refractivity contribution is 0.294. The van der Waals surface area contributed by atoms with Crippen LogP contribution in [-0.4, -0.2) is 19.5 Å². The van der Waals surface area contributed by atoms with E-state index in [9.17, 15) is 13.6 Å². The van der Waals surface area contributed by atoms with E-state index < -0.39 is 11.6 Å². The van der Waals surface area contributed by atoms with Crippen LogP contribution in [0.2, 0.25) is 0 Å². The zero-order valence-corrected chi connectivity index (χ0v) is 21.2. The second-order valence-electron chi connectivity index (χ2n) is 8.37. The molecule has 4 aromatic rings. The number of hydrogen-bond acceptors (Lipinski definition) is 5. The van der Waals surface area contributed by atoms with Gasteiger partial charge >= 0.3 is 0 Å². The van der Waals surface area contributed by atoms with Crippen LogP contribution in [0.5, 0.6) is 5.75 Å². The molecule has 180 valence electrons. The molecule has 3 aromatic heterocycles. The zero-order valence-electron chi connectivity index (χ0n) is 19.6. The maximum absolute atomic E-state index is 14.0. The van der Waals surface area contributed by atoms with E-state index in [1.165, 1.54) is 6.07 Å². The van der Waals surface area contributed by atoms with Crippen LogP contribution in [0.3, 0.4) is 0 Å². The van der Waals surface area contributed by atoms with E-state index in [-0.39, 0.29) is 28.1 Å². The third kappa shape index (κ3) is 5.00. The first-order chi connectivity index (χ1) is 16.7. The minimum atomic E-state index is -0.710. The van der Waals surface area contributed by atoms with Crippen molar-refractivity contribution in [1.29, 1.82) is 0 Å². The average molecular weight is 541 g/mol. The van der Waals surface area contributed by atoms with E-state index in [4.69, 9.17) is 4.74 Å². The number of ether oxygens (including phenoxy) is 1. The van der Waals surface area contributed by atoms with Crippen molar-refractivity contribution in [2.24, 2.45) is 0 Å². The fourth-order valence-electron chi connectivity index (χ4n) is 3.61. The molecular weight excluding hydrogens is 518 g/mol. The smallest absolute Gasteiger partial charge is 0.273 e. The number of aromatic nitrogens is 4. The first kappa shape index (κ1) is 24.7. The molecule has 3 heterocycles. The molecule has 0 unspecified atom stereocenters. The lowest BCUT2D eigenvalue weighted by atomic mass is 10.1. The molecule has 6 nitrogen and oxygen atoms in total. The lowest BCUT2D eigenvalue weighted by Gasteiger charge is -2.18. The first-order valence-corrected chi connectivity index (χ1v) is 11.7. The normalized spacial score (nSPS) is 11.2. The van der Waals surface area contributed by atoms with Crippen molar-refractivity contribution >= 4 is 15.9 Å². The van der Waals surface area contributed by atoms with Gasteiger partial charge in [0.25, 0.3) is 5.56 Å². The van der Waals surface area contributed by atoms with Gasteiger partial charge in [-0.05, 0) is 60.1 Å². The van der Waals surface area contributed by atoms with Crippen LogP contribution in [-0.2, 0) is 6.61 Å². The maximum atomic E-state index is 14.0. The molecule has 0 atom stereocenters. The summed E-state index contributed by atoms with van der Waals surface area (Å²) in [7, 11) is 0. The highest BCUT2D eigenvalue weighted by Gasteiger charge is 2.19. The SMILES string of the molecule is Cc1c(OCc2ccc(F)cc2F)c(Br)c(=O)n(-c2ccnc(-c3ccnc(C(C)C)n3)c2)c1C. The van der Waals surface area contributed by atoms with Crippen molar-refractivity contribution < 1.29 is 13.5 Å². The summed E-state index contributed by atoms with van der Waals surface area (Å²) in [5, 5.41) is 0. The quantitative estimate of drug-likeness (QED) is 0.297. The van der Waals surface area contributed by atoms with Gasteiger partial charge in [0.1, 0.15) is 34.3 Å². The minimum absolute atomic E-state index is 0.153. The summed E-state index contributed by atoms with van der Waals surface area (Å²) in [5.41, 5.74) is 3.07. The molecule has 1 aromatic carbocycles. The van der Waals surface area contributed by atoms with E-state index in [1.807, 2.05) is 20.8 Å². The molecule has 0 aliphatic rings. The highest BCUT2D eigenvalue weighted by molar-refractivity contribution is 9.10. The number of hydrogen-bond donors (Lipinski definition) is 0. The Morgan fingerprint density at radius 2 is 1.77 bits per heavy atom. The van der Waals surface area contributed by atoms with Crippen molar-refractivity contribution in [2.75, 3.05) is 0 Å². The maximum Gasteiger partial charge on any atom is 0.273 e. The van der Waals surface area contributed by atoms with Crippen LogP contribution < -0.4 is 10.3 Å². The predicted molar refractivity (Wildman–Crippen MR) is 133 cm³/mol. The van der Waals surface area contributed by atoms with Crippen molar-refractivity contribution in [1.82, 2.24) is 19.5 Å². The van der Waals surface area contributed by atoms with Gasteiger partial charge in [0.05, 0.1) is 17.1 Å². The Labute approximate surface area is 209 Å². The van der Waals surface area contributed by atoms with Gasteiger partial charge in [0.15, 0.2) is 0 Å². The van der Waals surface area contributed by atoms with Crippen molar-refractivity contribution in [2.45, 2.75) is 40.2 Å². The van der Waals surface area contributed by atoms with Crippen LogP contribution >= 0.6 is 15.9 Å². The van der Waals surface area contributed by atoms with Gasteiger partial charge in [-0.25, -0.2) is 18.7 Å². The van der Waals surface area contributed by atoms with Gasteiger partial charge < -0.3 is 4.74 Å². The molecule has 0 saturated carbocycles. The van der Waals surface area contributed by atoms with Crippen LogP contribution in [0.4, 0.5) is 8.78 Å². The highest BCUT2D eigenvalue weighted by Crippen LogP contribution is 2.31. The van der Waals surface area contributed by atoms with Gasteiger partial charge in [-0.15, -0.1) is 0 Å². The first-order valence-electron chi connectivity index (χ1n) is 11.0. The van der Waals surface area contributed by atoms with Crippen LogP contribution in [0.1, 0.15) is 42.4 Å². The molecule has 0 aliphatic heterocycles. The van der Waals surface area contributed by atoms with Crippen molar-refractivity contribution in [3.8, 4) is 22.8 Å². The molecule has 0 fully saturated rings. The van der Waals surface area contributed by atoms with Gasteiger partial charge in [0.2, 0.25) is 0 Å². The third-order valence-corrected chi connectivity index (χ3v) is 6.35. The standard InChI is InChI=1S/C26H23BrF2N4O2/c1-14(2)25-31-10-8-21(32-25)22-12-19(7-9-30-22)33-16(4)15(3)24(23(27)26(33)34)35-13-17-5-6-18(28)11-20(17)29/h5-12,14H,13H2,1-4H3. The molecule has 0 N–H and O–H groups in total. The minimum Gasteiger partial charge on any atom is -0.487 e. The summed E-state index contributed by atoms with van der Waals surface area (Å²) < 4.78 is 34.8. The highest BCUT2D eigenvalue weighted by atomic mass is 79.9. The fraction of sp³-hybridized carbons (Fsp3) is 0.231. The molecule has 0 aliphatic carbocycles. The second kappa shape index (κ2) is 10.0. The molecule has 0 bridgehead atoms. The molecule has 0 radical (unpaired) electrons. The van der Waals surface area contributed by atoms with Crippen LogP contribution in [0, 0.1) is 25.5 Å². The Kier molecular flexibility index (Phi) is 7.07. The number of halogens is 3. The average Bonchev–Trinajstić information content (AvgIpc) is 2.84. The van der Waals surface area contributed by atoms with Gasteiger partial charge in [-0.2, -0.15) is 0 Å². The summed E-state index contributed by atoms with van der Waals surface area (Å²) in [6.07, 6.45) is 3.32. The van der Waals surface area contributed by atoms with Crippen molar-refractivity contribution in [3.63, 3.8) is 0 Å². The Bertz CT molecular complexity index is 1470. The summed E-state index contributed by atoms with van der Waals surface area (Å²) in [4.78, 5) is 26.7. The summed E-state index contributed by atoms with van der Waals surface area (Å²) in [5.74, 6) is -0.197. The lowest BCUT2D eigenvalue weighted by Crippen LogP contribution is -2.23. The molecule has 9 heteroatoms. The fourth-order valence-corrected chi connectivity index (χ4v) is 4.20. The molecular formula is C26H23BrF2N4O2. The second-order valence-corrected chi connectivity index (χ2v) is 9.17. The third-order valence-electron chi connectivity index (χ3n) is 5.65. The van der Waals surface area contributed by atoms with E-state index in [2.05, 4.69) is 30.9 Å². The number of benzene rings is 1. The Hall–Kier alpha value is -3.46. The Balaban J connectivity index is 1.72. The predicted octanol–water partition coefficient (Wildman–Crippen LogP) is 6.05. The van der Waals surface area contributed by atoms with E-state index in [0.29, 0.717) is 39.9 Å². The number of nitrogens with zero attached hydrogens (tertiary/aromatic N) is 4. The summed E-state index contributed by atoms with van der Waals surface area (Å²) in [6.45, 7) is 7.49. The largest absolute Gasteiger partial charge is 0.487 e. The Morgan fingerprint density at radius 1 is 1.03 bits per heavy atom. The molecule has 4 rings (SSSR count). The molecule has 0 spiro atoms. The summed E-state index contributed by atoms with van der Waals surface area (Å²) >= 11 is 3.36. The van der Waals surface area contributed by atoms with E-state index >= 15 is 0 Å². The van der Waals surface area contributed by atoms with E-state index in [1.54, 1.807) is 42.1 Å². The number of rotatable bonds is 6. The number of pyridine rings is 2. The zero-order chi connectivity index (χ0) is 25.3. The molecule has 0 saturated heterocycles. The van der Waals surface area contributed by atoms with Crippen molar-refractivity contribution in [3.05, 3.63) is 97.9 Å². The molecule has 35 heavy (non-hydrogen) atoms. The van der Waals surface area contributed by atoms with Crippen LogP contribution in [0.15, 0.2) is 58.1 Å². The molecule has 0 amide bonds. The van der Waals surface area contributed by atoms with E-state index in [0.717, 1.165) is 12.1 Å². The van der Waals surface area contributed by atoms with Gasteiger partial charge in [-0.3, -0.25) is 14.3 Å². The monoisotopic (exact) mass is 540 g/mol. The van der Waals surface area contributed by atoms with Gasteiger partial charge in [0, 0.05) is 41.2 Å².